The smallest absolute Gasteiger partial charge is 0.131 e. The van der Waals surface area contributed by atoms with Crippen LogP contribution in [-0.4, -0.2) is 0 Å². The highest BCUT2D eigenvalue weighted by molar-refractivity contribution is 5.65. The summed E-state index contributed by atoms with van der Waals surface area (Å²) in [6.45, 7) is 4.71. The van der Waals surface area contributed by atoms with E-state index in [0.717, 1.165) is 28.9 Å². The molecule has 2 aliphatic rings. The maximum absolute atomic E-state index is 14.9. The van der Waals surface area contributed by atoms with Crippen LogP contribution in [0.2, 0.25) is 0 Å². The number of hydrogen-bond donors (Lipinski definition) is 0. The zero-order chi connectivity index (χ0) is 19.5. The Morgan fingerprint density at radius 2 is 1.36 bits per heavy atom. The molecule has 2 aromatic carbocycles. The van der Waals surface area contributed by atoms with E-state index in [1.165, 1.54) is 68.9 Å². The zero-order valence-corrected chi connectivity index (χ0v) is 17.6. The van der Waals surface area contributed by atoms with Crippen molar-refractivity contribution in [1.29, 1.82) is 0 Å². The molecule has 2 fully saturated rings. The molecule has 0 aromatic heterocycles. The van der Waals surface area contributed by atoms with Crippen LogP contribution in [0, 0.1) is 23.6 Å². The van der Waals surface area contributed by atoms with Gasteiger partial charge in [0.1, 0.15) is 5.82 Å². The van der Waals surface area contributed by atoms with Gasteiger partial charge in [0.05, 0.1) is 0 Å². The summed E-state index contributed by atoms with van der Waals surface area (Å²) in [6.07, 6.45) is 11.6. The quantitative estimate of drug-likeness (QED) is 0.503. The fourth-order valence-corrected chi connectivity index (χ4v) is 5.30. The van der Waals surface area contributed by atoms with Crippen molar-refractivity contribution in [2.45, 2.75) is 77.6 Å². The van der Waals surface area contributed by atoms with Crippen LogP contribution >= 0.6 is 0 Å². The fourth-order valence-electron chi connectivity index (χ4n) is 5.30. The Balaban J connectivity index is 1.42. The highest BCUT2D eigenvalue weighted by atomic mass is 19.1. The molecular weight excluding hydrogens is 343 g/mol. The monoisotopic (exact) mass is 378 g/mol. The van der Waals surface area contributed by atoms with E-state index in [9.17, 15) is 4.39 Å². The Labute approximate surface area is 170 Å². The number of rotatable bonds is 4. The normalized spacial score (nSPS) is 28.2. The van der Waals surface area contributed by atoms with Crippen LogP contribution in [-0.2, 0) is 6.42 Å². The Morgan fingerprint density at radius 3 is 1.96 bits per heavy atom. The summed E-state index contributed by atoms with van der Waals surface area (Å²) in [5.41, 5.74) is 4.33. The lowest BCUT2D eigenvalue weighted by Gasteiger charge is -2.26. The van der Waals surface area contributed by atoms with Crippen LogP contribution in [0.3, 0.4) is 0 Å². The lowest BCUT2D eigenvalue weighted by Crippen LogP contribution is -2.14. The predicted octanol–water partition coefficient (Wildman–Crippen LogP) is 8.16. The first kappa shape index (κ1) is 19.7. The molecule has 2 saturated carbocycles. The summed E-state index contributed by atoms with van der Waals surface area (Å²) < 4.78 is 14.9. The standard InChI is InChI=1S/C27H35F/c1-19-3-7-21(8-4-19)17-22-9-13-24(14-10-22)26-16-15-25(18-27(26)28)23-11-5-20(2)6-12-23/h9-10,13-16,18-21,23H,3-8,11-12,17H2,1-2H3. The second kappa shape index (κ2) is 8.80. The van der Waals surface area contributed by atoms with E-state index in [1.807, 2.05) is 6.07 Å². The molecule has 0 bridgehead atoms. The van der Waals surface area contributed by atoms with Crippen LogP contribution in [0.5, 0.6) is 0 Å². The second-order valence-electron chi connectivity index (χ2n) is 9.72. The van der Waals surface area contributed by atoms with E-state index in [1.54, 1.807) is 6.07 Å². The van der Waals surface area contributed by atoms with Crippen LogP contribution in [0.4, 0.5) is 4.39 Å². The lowest BCUT2D eigenvalue weighted by atomic mass is 9.79. The second-order valence-corrected chi connectivity index (χ2v) is 9.72. The van der Waals surface area contributed by atoms with Crippen LogP contribution in [0.1, 0.15) is 82.3 Å². The van der Waals surface area contributed by atoms with E-state index in [2.05, 4.69) is 44.2 Å². The SMILES string of the molecule is CC1CCC(Cc2ccc(-c3ccc(C4CCC(C)CC4)cc3F)cc2)CC1. The molecule has 4 rings (SSSR count). The van der Waals surface area contributed by atoms with E-state index in [0.29, 0.717) is 5.92 Å². The average Bonchev–Trinajstić information content (AvgIpc) is 2.71. The Bertz CT molecular complexity index is 759. The minimum atomic E-state index is -0.0647. The van der Waals surface area contributed by atoms with Gasteiger partial charge in [0.2, 0.25) is 0 Å². The fraction of sp³-hybridized carbons (Fsp3) is 0.556. The largest absolute Gasteiger partial charge is 0.206 e. The van der Waals surface area contributed by atoms with Crippen molar-refractivity contribution in [2.24, 2.45) is 17.8 Å². The van der Waals surface area contributed by atoms with Gasteiger partial charge >= 0.3 is 0 Å². The minimum absolute atomic E-state index is 0.0647. The molecule has 0 atom stereocenters. The third-order valence-electron chi connectivity index (χ3n) is 7.41. The molecule has 0 N–H and O–H groups in total. The molecule has 0 nitrogen and oxygen atoms in total. The maximum atomic E-state index is 14.9. The molecule has 2 aromatic rings. The number of hydrogen-bond acceptors (Lipinski definition) is 0. The predicted molar refractivity (Wildman–Crippen MR) is 117 cm³/mol. The number of halogens is 1. The lowest BCUT2D eigenvalue weighted by molar-refractivity contribution is 0.289. The van der Waals surface area contributed by atoms with Gasteiger partial charge in [-0.25, -0.2) is 4.39 Å². The Kier molecular flexibility index (Phi) is 6.19. The van der Waals surface area contributed by atoms with Crippen LogP contribution < -0.4 is 0 Å². The summed E-state index contributed by atoms with van der Waals surface area (Å²) in [4.78, 5) is 0. The molecule has 0 amide bonds. The summed E-state index contributed by atoms with van der Waals surface area (Å²) >= 11 is 0. The van der Waals surface area contributed by atoms with E-state index in [4.69, 9.17) is 0 Å². The maximum Gasteiger partial charge on any atom is 0.131 e. The van der Waals surface area contributed by atoms with E-state index >= 15 is 0 Å². The van der Waals surface area contributed by atoms with Gasteiger partial charge in [-0.1, -0.05) is 75.9 Å². The summed E-state index contributed by atoms with van der Waals surface area (Å²) in [5.74, 6) is 3.04. The molecule has 150 valence electrons. The minimum Gasteiger partial charge on any atom is -0.206 e. The van der Waals surface area contributed by atoms with Crippen molar-refractivity contribution in [1.82, 2.24) is 0 Å². The summed E-state index contributed by atoms with van der Waals surface area (Å²) in [5, 5.41) is 0. The van der Waals surface area contributed by atoms with E-state index in [-0.39, 0.29) is 5.82 Å². The van der Waals surface area contributed by atoms with Crippen LogP contribution in [0.25, 0.3) is 11.1 Å². The molecule has 0 spiro atoms. The van der Waals surface area contributed by atoms with Gasteiger partial charge < -0.3 is 0 Å². The topological polar surface area (TPSA) is 0 Å². The molecule has 1 heteroatoms. The molecule has 0 saturated heterocycles. The average molecular weight is 379 g/mol. The third-order valence-corrected chi connectivity index (χ3v) is 7.41. The first-order valence-electron chi connectivity index (χ1n) is 11.5. The van der Waals surface area contributed by atoms with Gasteiger partial charge in [-0.15, -0.1) is 0 Å². The molecular formula is C27H35F. The molecule has 0 aliphatic heterocycles. The number of benzene rings is 2. The van der Waals surface area contributed by atoms with Crippen molar-refractivity contribution in [3.63, 3.8) is 0 Å². The molecule has 0 heterocycles. The van der Waals surface area contributed by atoms with Gasteiger partial charge in [-0.3, -0.25) is 0 Å². The molecule has 28 heavy (non-hydrogen) atoms. The van der Waals surface area contributed by atoms with Crippen molar-refractivity contribution < 1.29 is 4.39 Å². The highest BCUT2D eigenvalue weighted by Gasteiger charge is 2.21. The summed E-state index contributed by atoms with van der Waals surface area (Å²) in [7, 11) is 0. The van der Waals surface area contributed by atoms with Crippen molar-refractivity contribution in [3.8, 4) is 11.1 Å². The van der Waals surface area contributed by atoms with E-state index < -0.39 is 0 Å². The van der Waals surface area contributed by atoms with Gasteiger partial charge in [0, 0.05) is 5.56 Å². The van der Waals surface area contributed by atoms with Crippen molar-refractivity contribution >= 4 is 0 Å². The summed E-state index contributed by atoms with van der Waals surface area (Å²) in [6, 6.07) is 14.6. The molecule has 0 unspecified atom stereocenters. The first-order chi connectivity index (χ1) is 13.6. The Morgan fingerprint density at radius 1 is 0.750 bits per heavy atom. The zero-order valence-electron chi connectivity index (χ0n) is 17.6. The Hall–Kier alpha value is -1.63. The van der Waals surface area contributed by atoms with Gasteiger partial charge in [0.25, 0.3) is 0 Å². The third kappa shape index (κ3) is 4.67. The van der Waals surface area contributed by atoms with Crippen LogP contribution in [0.15, 0.2) is 42.5 Å². The first-order valence-corrected chi connectivity index (χ1v) is 11.5. The molecule has 0 radical (unpaired) electrons. The molecule has 2 aliphatic carbocycles. The van der Waals surface area contributed by atoms with Gasteiger partial charge in [0.15, 0.2) is 0 Å². The highest BCUT2D eigenvalue weighted by Crippen LogP contribution is 2.37. The van der Waals surface area contributed by atoms with Crippen molar-refractivity contribution in [3.05, 3.63) is 59.4 Å². The van der Waals surface area contributed by atoms with Gasteiger partial charge in [-0.2, -0.15) is 0 Å². The van der Waals surface area contributed by atoms with Crippen molar-refractivity contribution in [2.75, 3.05) is 0 Å². The van der Waals surface area contributed by atoms with Gasteiger partial charge in [-0.05, 0) is 78.5 Å².